The molecule has 0 radical (unpaired) electrons. The van der Waals surface area contributed by atoms with Crippen LogP contribution in [0, 0.1) is 0 Å². The number of fused-ring (bicyclic) bond motifs is 1. The molecule has 2 aromatic rings. The van der Waals surface area contributed by atoms with Gasteiger partial charge in [-0.3, -0.25) is 4.57 Å². The summed E-state index contributed by atoms with van der Waals surface area (Å²) in [6.45, 7) is 0. The van der Waals surface area contributed by atoms with Gasteiger partial charge in [-0.1, -0.05) is 0 Å². The summed E-state index contributed by atoms with van der Waals surface area (Å²) in [6.07, 6.45) is 5.73. The molecule has 17 heavy (non-hydrogen) atoms. The molecular formula is C12H16N4O. The van der Waals surface area contributed by atoms with Crippen molar-refractivity contribution in [2.45, 2.75) is 37.8 Å². The van der Waals surface area contributed by atoms with Gasteiger partial charge in [-0.25, -0.2) is 9.78 Å². The van der Waals surface area contributed by atoms with E-state index in [9.17, 15) is 4.79 Å². The minimum Gasteiger partial charge on any atom is -0.328 e. The Morgan fingerprint density at radius 2 is 2.35 bits per heavy atom. The van der Waals surface area contributed by atoms with E-state index in [1.54, 1.807) is 10.8 Å². The van der Waals surface area contributed by atoms with Crippen LogP contribution in [-0.4, -0.2) is 20.6 Å². The maximum atomic E-state index is 12.0. The average molecular weight is 232 g/mol. The van der Waals surface area contributed by atoms with Crippen LogP contribution in [0.3, 0.4) is 0 Å². The van der Waals surface area contributed by atoms with Crippen molar-refractivity contribution >= 4 is 11.2 Å². The molecule has 3 N–H and O–H groups in total. The lowest BCUT2D eigenvalue weighted by Crippen LogP contribution is -2.33. The predicted octanol–water partition coefficient (Wildman–Crippen LogP) is 1.17. The maximum Gasteiger partial charge on any atom is 0.327 e. The molecule has 0 saturated heterocycles. The Kier molecular flexibility index (Phi) is 2.48. The van der Waals surface area contributed by atoms with Gasteiger partial charge in [0.2, 0.25) is 0 Å². The fourth-order valence-corrected chi connectivity index (χ4v) is 2.73. The number of pyridine rings is 1. The molecule has 5 heteroatoms. The Hall–Kier alpha value is -1.62. The monoisotopic (exact) mass is 232 g/mol. The summed E-state index contributed by atoms with van der Waals surface area (Å²) < 4.78 is 1.77. The number of imidazole rings is 1. The lowest BCUT2D eigenvalue weighted by molar-refractivity contribution is 0.319. The first-order chi connectivity index (χ1) is 8.25. The Morgan fingerprint density at radius 1 is 1.47 bits per heavy atom. The second-order valence-electron chi connectivity index (χ2n) is 4.76. The maximum absolute atomic E-state index is 12.0. The van der Waals surface area contributed by atoms with Crippen LogP contribution in [0.1, 0.15) is 31.7 Å². The smallest absolute Gasteiger partial charge is 0.327 e. The third-order valence-corrected chi connectivity index (χ3v) is 3.53. The Bertz CT molecular complexity index is 585. The molecule has 2 unspecified atom stereocenters. The van der Waals surface area contributed by atoms with Gasteiger partial charge in [0, 0.05) is 18.3 Å². The van der Waals surface area contributed by atoms with E-state index < -0.39 is 0 Å². The molecule has 0 spiro atoms. The molecule has 0 amide bonds. The Morgan fingerprint density at radius 3 is 3.18 bits per heavy atom. The number of nitrogens with two attached hydrogens (primary N) is 1. The van der Waals surface area contributed by atoms with Crippen LogP contribution in [0.5, 0.6) is 0 Å². The molecule has 0 aromatic carbocycles. The van der Waals surface area contributed by atoms with Gasteiger partial charge in [-0.2, -0.15) is 0 Å². The molecule has 5 nitrogen and oxygen atoms in total. The van der Waals surface area contributed by atoms with Gasteiger partial charge in [-0.15, -0.1) is 0 Å². The molecule has 2 aromatic heterocycles. The highest BCUT2D eigenvalue weighted by atomic mass is 16.1. The number of aromatic nitrogens is 3. The van der Waals surface area contributed by atoms with Crippen LogP contribution >= 0.6 is 0 Å². The van der Waals surface area contributed by atoms with Crippen LogP contribution in [0.25, 0.3) is 11.2 Å². The average Bonchev–Trinajstić information content (AvgIpc) is 2.64. The normalized spacial score (nSPS) is 25.2. The highest BCUT2D eigenvalue weighted by Crippen LogP contribution is 2.28. The number of rotatable bonds is 1. The van der Waals surface area contributed by atoms with Crippen molar-refractivity contribution in [3.63, 3.8) is 0 Å². The summed E-state index contributed by atoms with van der Waals surface area (Å²) >= 11 is 0. The van der Waals surface area contributed by atoms with Gasteiger partial charge in [0.1, 0.15) is 0 Å². The largest absolute Gasteiger partial charge is 0.328 e. The Labute approximate surface area is 98.7 Å². The lowest BCUT2D eigenvalue weighted by Gasteiger charge is -2.27. The van der Waals surface area contributed by atoms with Crippen LogP contribution < -0.4 is 11.4 Å². The molecule has 2 heterocycles. The third-order valence-electron chi connectivity index (χ3n) is 3.53. The number of nitrogens with zero attached hydrogens (tertiary/aromatic N) is 2. The highest BCUT2D eigenvalue weighted by Gasteiger charge is 2.24. The molecule has 2 atom stereocenters. The molecule has 90 valence electrons. The first-order valence-electron chi connectivity index (χ1n) is 6.06. The molecule has 0 bridgehead atoms. The summed E-state index contributed by atoms with van der Waals surface area (Å²) in [6, 6.07) is 4.10. The van der Waals surface area contributed by atoms with Crippen molar-refractivity contribution < 1.29 is 0 Å². The van der Waals surface area contributed by atoms with E-state index in [1.807, 2.05) is 12.1 Å². The van der Waals surface area contributed by atoms with Gasteiger partial charge >= 0.3 is 5.69 Å². The number of nitrogens with one attached hydrogen (secondary N) is 1. The molecule has 1 aliphatic carbocycles. The van der Waals surface area contributed by atoms with Crippen molar-refractivity contribution in [3.8, 4) is 0 Å². The van der Waals surface area contributed by atoms with Crippen LogP contribution in [0.15, 0.2) is 23.1 Å². The van der Waals surface area contributed by atoms with E-state index in [0.717, 1.165) is 36.8 Å². The SMILES string of the molecule is NC1CCCC(n2c(=O)[nH]c3cccnc32)C1. The summed E-state index contributed by atoms with van der Waals surface area (Å²) in [5.74, 6) is 0. The van der Waals surface area contributed by atoms with Crippen molar-refractivity contribution in [2.24, 2.45) is 5.73 Å². The van der Waals surface area contributed by atoms with Crippen LogP contribution in [0.2, 0.25) is 0 Å². The van der Waals surface area contributed by atoms with Crippen molar-refractivity contribution in [3.05, 3.63) is 28.8 Å². The zero-order valence-corrected chi connectivity index (χ0v) is 9.60. The lowest BCUT2D eigenvalue weighted by atomic mass is 9.91. The fraction of sp³-hybridized carbons (Fsp3) is 0.500. The first kappa shape index (κ1) is 10.5. The van der Waals surface area contributed by atoms with E-state index in [2.05, 4.69) is 9.97 Å². The summed E-state index contributed by atoms with van der Waals surface area (Å²) in [7, 11) is 0. The van der Waals surface area contributed by atoms with E-state index in [-0.39, 0.29) is 17.8 Å². The third kappa shape index (κ3) is 1.76. The topological polar surface area (TPSA) is 76.7 Å². The van der Waals surface area contributed by atoms with E-state index >= 15 is 0 Å². The summed E-state index contributed by atoms with van der Waals surface area (Å²) in [4.78, 5) is 19.1. The second-order valence-corrected chi connectivity index (χ2v) is 4.76. The van der Waals surface area contributed by atoms with Gasteiger partial charge in [-0.05, 0) is 37.8 Å². The van der Waals surface area contributed by atoms with Gasteiger partial charge < -0.3 is 10.7 Å². The minimum atomic E-state index is -0.0715. The quantitative estimate of drug-likeness (QED) is 0.774. The van der Waals surface area contributed by atoms with Gasteiger partial charge in [0.05, 0.1) is 5.52 Å². The summed E-state index contributed by atoms with van der Waals surface area (Å²) in [5.41, 5.74) is 7.46. The molecule has 1 saturated carbocycles. The van der Waals surface area contributed by atoms with Crippen molar-refractivity contribution in [2.75, 3.05) is 0 Å². The predicted molar refractivity (Wildman–Crippen MR) is 65.8 cm³/mol. The van der Waals surface area contributed by atoms with Crippen LogP contribution in [-0.2, 0) is 0 Å². The highest BCUT2D eigenvalue weighted by molar-refractivity contribution is 5.70. The van der Waals surface area contributed by atoms with Crippen molar-refractivity contribution in [1.82, 2.24) is 14.5 Å². The minimum absolute atomic E-state index is 0.0715. The van der Waals surface area contributed by atoms with E-state index in [4.69, 9.17) is 5.73 Å². The Balaban J connectivity index is 2.10. The fourth-order valence-electron chi connectivity index (χ4n) is 2.73. The zero-order chi connectivity index (χ0) is 11.8. The van der Waals surface area contributed by atoms with Gasteiger partial charge in [0.25, 0.3) is 0 Å². The standard InChI is InChI=1S/C12H16N4O/c13-8-3-1-4-9(7-8)16-11-10(15-12(16)17)5-2-6-14-11/h2,5-6,8-9H,1,3-4,7,13H2,(H,15,17). The number of H-pyrrole nitrogens is 1. The van der Waals surface area contributed by atoms with Gasteiger partial charge in [0.15, 0.2) is 5.65 Å². The zero-order valence-electron chi connectivity index (χ0n) is 9.60. The summed E-state index contributed by atoms with van der Waals surface area (Å²) in [5, 5.41) is 0. The first-order valence-corrected chi connectivity index (χ1v) is 6.06. The molecular weight excluding hydrogens is 216 g/mol. The second kappa shape index (κ2) is 4.00. The van der Waals surface area contributed by atoms with E-state index in [1.165, 1.54) is 0 Å². The number of hydrogen-bond acceptors (Lipinski definition) is 3. The number of aromatic amines is 1. The van der Waals surface area contributed by atoms with Crippen molar-refractivity contribution in [1.29, 1.82) is 0 Å². The van der Waals surface area contributed by atoms with E-state index in [0.29, 0.717) is 0 Å². The molecule has 1 fully saturated rings. The molecule has 0 aliphatic heterocycles. The molecule has 1 aliphatic rings. The number of hydrogen-bond donors (Lipinski definition) is 2. The molecule has 3 rings (SSSR count). The van der Waals surface area contributed by atoms with Crippen LogP contribution in [0.4, 0.5) is 0 Å².